The van der Waals surface area contributed by atoms with Crippen LogP contribution in [0.4, 0.5) is 0 Å². The summed E-state index contributed by atoms with van der Waals surface area (Å²) in [6.07, 6.45) is 0.199. The van der Waals surface area contributed by atoms with Crippen LogP contribution < -0.4 is 5.73 Å². The van der Waals surface area contributed by atoms with E-state index >= 15 is 0 Å². The van der Waals surface area contributed by atoms with Gasteiger partial charge in [-0.3, -0.25) is 4.79 Å². The zero-order chi connectivity index (χ0) is 12.7. The Morgan fingerprint density at radius 3 is 2.56 bits per heavy atom. The van der Waals surface area contributed by atoms with Gasteiger partial charge in [-0.1, -0.05) is 20.3 Å². The van der Waals surface area contributed by atoms with Gasteiger partial charge in [0.1, 0.15) is 0 Å². The molecule has 3 N–H and O–H groups in total. The quantitative estimate of drug-likeness (QED) is 0.639. The molecule has 0 aliphatic rings. The van der Waals surface area contributed by atoms with E-state index < -0.39 is 12.1 Å². The van der Waals surface area contributed by atoms with Gasteiger partial charge in [-0.15, -0.1) is 0 Å². The molecule has 0 aliphatic carbocycles. The second-order valence-corrected chi connectivity index (χ2v) is 4.24. The summed E-state index contributed by atoms with van der Waals surface area (Å²) in [5, 5.41) is 9.49. The van der Waals surface area contributed by atoms with Gasteiger partial charge in [-0.05, 0) is 5.92 Å². The lowest BCUT2D eigenvalue weighted by Gasteiger charge is -2.26. The molecule has 1 amide bonds. The number of hydrogen-bond donors (Lipinski definition) is 2. The van der Waals surface area contributed by atoms with E-state index in [1.54, 1.807) is 7.05 Å². The van der Waals surface area contributed by atoms with Crippen molar-refractivity contribution >= 4 is 5.91 Å². The summed E-state index contributed by atoms with van der Waals surface area (Å²) in [7, 11) is 3.15. The third-order valence-corrected chi connectivity index (χ3v) is 2.76. The van der Waals surface area contributed by atoms with Crippen LogP contribution in [0.3, 0.4) is 0 Å². The number of rotatable bonds is 7. The molecule has 0 bridgehead atoms. The lowest BCUT2D eigenvalue weighted by molar-refractivity contribution is -0.134. The highest BCUT2D eigenvalue weighted by atomic mass is 16.5. The highest BCUT2D eigenvalue weighted by molar-refractivity contribution is 5.81. The van der Waals surface area contributed by atoms with Crippen LogP contribution in [0, 0.1) is 5.92 Å². The van der Waals surface area contributed by atoms with Gasteiger partial charge in [0, 0.05) is 20.7 Å². The number of methoxy groups -OCH3 is 1. The Bertz CT molecular complexity index is 211. The Hall–Kier alpha value is -0.650. The van der Waals surface area contributed by atoms with E-state index in [1.807, 2.05) is 13.8 Å². The van der Waals surface area contributed by atoms with Gasteiger partial charge in [-0.2, -0.15) is 0 Å². The van der Waals surface area contributed by atoms with Gasteiger partial charge in [0.25, 0.3) is 0 Å². The van der Waals surface area contributed by atoms with Gasteiger partial charge >= 0.3 is 0 Å². The van der Waals surface area contributed by atoms with E-state index in [0.717, 1.165) is 6.42 Å². The fraction of sp³-hybridized carbons (Fsp3) is 0.909. The molecular formula is C11H24N2O3. The number of likely N-dealkylation sites (N-methyl/N-ethyl adjacent to an activating group) is 1. The summed E-state index contributed by atoms with van der Waals surface area (Å²) < 4.78 is 4.79. The molecule has 0 saturated heterocycles. The van der Waals surface area contributed by atoms with E-state index in [-0.39, 0.29) is 25.0 Å². The number of nitrogens with zero attached hydrogens (tertiary/aromatic N) is 1. The van der Waals surface area contributed by atoms with E-state index in [2.05, 4.69) is 0 Å². The molecule has 0 aromatic heterocycles. The molecule has 0 aliphatic heterocycles. The summed E-state index contributed by atoms with van der Waals surface area (Å²) in [5.41, 5.74) is 5.82. The molecule has 5 nitrogen and oxygen atoms in total. The van der Waals surface area contributed by atoms with Crippen LogP contribution in [-0.4, -0.2) is 55.4 Å². The molecule has 0 saturated carbocycles. The minimum absolute atomic E-state index is 0.135. The van der Waals surface area contributed by atoms with Crippen molar-refractivity contribution in [3.8, 4) is 0 Å². The molecule has 0 spiro atoms. The van der Waals surface area contributed by atoms with Crippen LogP contribution in [0.5, 0.6) is 0 Å². The zero-order valence-corrected chi connectivity index (χ0v) is 10.6. The van der Waals surface area contributed by atoms with Crippen LogP contribution in [0.2, 0.25) is 0 Å². The molecule has 0 radical (unpaired) electrons. The Kier molecular flexibility index (Phi) is 7.29. The van der Waals surface area contributed by atoms with Crippen molar-refractivity contribution in [3.63, 3.8) is 0 Å². The maximum atomic E-state index is 11.8. The van der Waals surface area contributed by atoms with E-state index in [9.17, 15) is 9.90 Å². The number of aliphatic hydroxyl groups is 1. The minimum atomic E-state index is -0.664. The zero-order valence-electron chi connectivity index (χ0n) is 10.6. The van der Waals surface area contributed by atoms with Crippen LogP contribution in [-0.2, 0) is 9.53 Å². The predicted octanol–water partition coefficient (Wildman–Crippen LogP) is -0.174. The molecular weight excluding hydrogens is 208 g/mol. The molecule has 16 heavy (non-hydrogen) atoms. The maximum Gasteiger partial charge on any atom is 0.239 e. The van der Waals surface area contributed by atoms with Crippen molar-refractivity contribution in [2.45, 2.75) is 32.4 Å². The fourth-order valence-corrected chi connectivity index (χ4v) is 1.40. The first-order valence-electron chi connectivity index (χ1n) is 5.61. The SMILES string of the molecule is CCC(C)[C@H](N)C(=O)N(C)CC(O)COC. The van der Waals surface area contributed by atoms with Crippen molar-refractivity contribution in [1.29, 1.82) is 0 Å². The number of ether oxygens (including phenoxy) is 1. The summed E-state index contributed by atoms with van der Waals surface area (Å²) in [6.45, 7) is 4.41. The third-order valence-electron chi connectivity index (χ3n) is 2.76. The lowest BCUT2D eigenvalue weighted by Crippen LogP contribution is -2.48. The molecule has 0 fully saturated rings. The van der Waals surface area contributed by atoms with Crippen molar-refractivity contribution in [3.05, 3.63) is 0 Å². The molecule has 5 heteroatoms. The fourth-order valence-electron chi connectivity index (χ4n) is 1.40. The number of aliphatic hydroxyl groups excluding tert-OH is 1. The topological polar surface area (TPSA) is 75.8 Å². The van der Waals surface area contributed by atoms with E-state index in [4.69, 9.17) is 10.5 Å². The Labute approximate surface area is 97.6 Å². The van der Waals surface area contributed by atoms with Gasteiger partial charge < -0.3 is 20.5 Å². The maximum absolute atomic E-state index is 11.8. The smallest absolute Gasteiger partial charge is 0.239 e. The summed E-state index contributed by atoms with van der Waals surface area (Å²) in [6, 6.07) is -0.496. The second kappa shape index (κ2) is 7.60. The van der Waals surface area contributed by atoms with E-state index in [1.165, 1.54) is 12.0 Å². The highest BCUT2D eigenvalue weighted by Gasteiger charge is 2.23. The van der Waals surface area contributed by atoms with Crippen LogP contribution >= 0.6 is 0 Å². The van der Waals surface area contributed by atoms with Crippen molar-refractivity contribution < 1.29 is 14.6 Å². The van der Waals surface area contributed by atoms with Gasteiger partial charge in [0.05, 0.1) is 18.8 Å². The van der Waals surface area contributed by atoms with Crippen molar-refractivity contribution in [2.75, 3.05) is 27.3 Å². The highest BCUT2D eigenvalue weighted by Crippen LogP contribution is 2.08. The summed E-state index contributed by atoms with van der Waals surface area (Å²) >= 11 is 0. The molecule has 3 atom stereocenters. The van der Waals surface area contributed by atoms with Gasteiger partial charge in [0.15, 0.2) is 0 Å². The average Bonchev–Trinajstić information content (AvgIpc) is 2.26. The number of hydrogen-bond acceptors (Lipinski definition) is 4. The largest absolute Gasteiger partial charge is 0.389 e. The lowest BCUT2D eigenvalue weighted by atomic mass is 9.99. The van der Waals surface area contributed by atoms with Crippen LogP contribution in [0.25, 0.3) is 0 Å². The second-order valence-electron chi connectivity index (χ2n) is 4.24. The Balaban J connectivity index is 4.17. The first-order chi connectivity index (χ1) is 7.43. The first kappa shape index (κ1) is 15.3. The summed E-state index contributed by atoms with van der Waals surface area (Å²) in [4.78, 5) is 13.3. The number of amides is 1. The van der Waals surface area contributed by atoms with Crippen LogP contribution in [0.15, 0.2) is 0 Å². The number of carbonyl (C=O) groups is 1. The minimum Gasteiger partial charge on any atom is -0.389 e. The monoisotopic (exact) mass is 232 g/mol. The summed E-state index contributed by atoms with van der Waals surface area (Å²) in [5.74, 6) is 0.0130. The van der Waals surface area contributed by atoms with Gasteiger partial charge in [-0.25, -0.2) is 0 Å². The molecule has 0 aromatic rings. The first-order valence-corrected chi connectivity index (χ1v) is 5.61. The normalized spacial score (nSPS) is 16.6. The standard InChI is InChI=1S/C11H24N2O3/c1-5-8(2)10(12)11(15)13(3)6-9(14)7-16-4/h8-10,14H,5-7,12H2,1-4H3/t8?,9?,10-/m0/s1. The molecule has 0 aromatic carbocycles. The molecule has 0 heterocycles. The van der Waals surface area contributed by atoms with E-state index in [0.29, 0.717) is 0 Å². The van der Waals surface area contributed by atoms with Crippen molar-refractivity contribution in [2.24, 2.45) is 11.7 Å². The van der Waals surface area contributed by atoms with Crippen LogP contribution in [0.1, 0.15) is 20.3 Å². The Morgan fingerprint density at radius 1 is 1.56 bits per heavy atom. The molecule has 96 valence electrons. The number of carbonyl (C=O) groups excluding carboxylic acids is 1. The Morgan fingerprint density at radius 2 is 2.12 bits per heavy atom. The molecule has 2 unspecified atom stereocenters. The average molecular weight is 232 g/mol. The number of nitrogens with two attached hydrogens (primary N) is 1. The molecule has 0 rings (SSSR count). The van der Waals surface area contributed by atoms with Crippen molar-refractivity contribution in [1.82, 2.24) is 4.90 Å². The van der Waals surface area contributed by atoms with Gasteiger partial charge in [0.2, 0.25) is 5.91 Å². The third kappa shape index (κ3) is 4.92. The predicted molar refractivity (Wildman–Crippen MR) is 63.0 cm³/mol.